The van der Waals surface area contributed by atoms with Crippen molar-refractivity contribution in [1.82, 2.24) is 10.1 Å². The van der Waals surface area contributed by atoms with Gasteiger partial charge in [-0.15, -0.1) is 0 Å². The molecule has 0 bridgehead atoms. The van der Waals surface area contributed by atoms with E-state index in [2.05, 4.69) is 10.1 Å². The van der Waals surface area contributed by atoms with Crippen LogP contribution in [-0.2, 0) is 11.3 Å². The minimum absolute atomic E-state index is 0.0974. The summed E-state index contributed by atoms with van der Waals surface area (Å²) >= 11 is 0. The number of hydrogen-bond acceptors (Lipinski definition) is 5. The Balaban J connectivity index is 2.08. The average molecular weight is 292 g/mol. The van der Waals surface area contributed by atoms with Gasteiger partial charge >= 0.3 is 5.97 Å². The maximum Gasteiger partial charge on any atom is 0.304 e. The Morgan fingerprint density at radius 3 is 2.71 bits per heavy atom. The van der Waals surface area contributed by atoms with E-state index in [0.717, 1.165) is 5.69 Å². The summed E-state index contributed by atoms with van der Waals surface area (Å²) in [5, 5.41) is 12.9. The van der Waals surface area contributed by atoms with E-state index >= 15 is 0 Å². The standard InChI is InChI=1S/C15H20N2O4/c1-15(2,3)17(7-6-14(18)19)10-11-9-13(21-16-11)12-5-4-8-20-12/h4-5,8-9H,6-7,10H2,1-3H3,(H,18,19). The van der Waals surface area contributed by atoms with Crippen LogP contribution in [0.15, 0.2) is 33.4 Å². The van der Waals surface area contributed by atoms with Gasteiger partial charge in [0.05, 0.1) is 18.4 Å². The molecule has 0 fully saturated rings. The van der Waals surface area contributed by atoms with Gasteiger partial charge in [-0.1, -0.05) is 5.16 Å². The third kappa shape index (κ3) is 4.19. The Kier molecular flexibility index (Phi) is 4.47. The fourth-order valence-electron chi connectivity index (χ4n) is 2.00. The van der Waals surface area contributed by atoms with Crippen LogP contribution in [0.4, 0.5) is 0 Å². The largest absolute Gasteiger partial charge is 0.481 e. The van der Waals surface area contributed by atoms with E-state index in [-0.39, 0.29) is 12.0 Å². The molecule has 0 aromatic carbocycles. The number of carbonyl (C=O) groups is 1. The van der Waals surface area contributed by atoms with Crippen molar-refractivity contribution < 1.29 is 18.8 Å². The summed E-state index contributed by atoms with van der Waals surface area (Å²) in [6, 6.07) is 5.40. The van der Waals surface area contributed by atoms with Gasteiger partial charge in [-0.05, 0) is 32.9 Å². The van der Waals surface area contributed by atoms with Crippen molar-refractivity contribution in [3.05, 3.63) is 30.2 Å². The highest BCUT2D eigenvalue weighted by Crippen LogP contribution is 2.23. The lowest BCUT2D eigenvalue weighted by Gasteiger charge is -2.34. The van der Waals surface area contributed by atoms with Gasteiger partial charge in [0, 0.05) is 24.7 Å². The molecule has 0 saturated carbocycles. The minimum Gasteiger partial charge on any atom is -0.481 e. The van der Waals surface area contributed by atoms with Crippen LogP contribution in [0.2, 0.25) is 0 Å². The second-order valence-electron chi connectivity index (χ2n) is 5.90. The lowest BCUT2D eigenvalue weighted by molar-refractivity contribution is -0.137. The predicted molar refractivity (Wildman–Crippen MR) is 76.6 cm³/mol. The van der Waals surface area contributed by atoms with Gasteiger partial charge in [0.25, 0.3) is 0 Å². The molecule has 0 spiro atoms. The molecule has 114 valence electrons. The zero-order valence-electron chi connectivity index (χ0n) is 12.5. The summed E-state index contributed by atoms with van der Waals surface area (Å²) in [5.41, 5.74) is 0.598. The van der Waals surface area contributed by atoms with Crippen LogP contribution in [0.5, 0.6) is 0 Å². The molecule has 0 unspecified atom stereocenters. The number of carboxylic acids is 1. The highest BCUT2D eigenvalue weighted by Gasteiger charge is 2.23. The zero-order valence-corrected chi connectivity index (χ0v) is 12.5. The maximum absolute atomic E-state index is 10.8. The van der Waals surface area contributed by atoms with Gasteiger partial charge in [0.2, 0.25) is 5.76 Å². The number of rotatable bonds is 6. The summed E-state index contributed by atoms with van der Waals surface area (Å²) in [6.07, 6.45) is 1.67. The van der Waals surface area contributed by atoms with E-state index < -0.39 is 5.97 Å². The molecule has 0 aliphatic rings. The topological polar surface area (TPSA) is 79.7 Å². The number of aliphatic carboxylic acids is 1. The molecule has 6 nitrogen and oxygen atoms in total. The van der Waals surface area contributed by atoms with Crippen LogP contribution < -0.4 is 0 Å². The molecule has 0 aliphatic carbocycles. The second-order valence-corrected chi connectivity index (χ2v) is 5.90. The van der Waals surface area contributed by atoms with Crippen molar-refractivity contribution in [3.8, 4) is 11.5 Å². The average Bonchev–Trinajstić information content (AvgIpc) is 3.03. The molecule has 0 saturated heterocycles. The van der Waals surface area contributed by atoms with E-state index in [0.29, 0.717) is 24.6 Å². The Morgan fingerprint density at radius 2 is 2.14 bits per heavy atom. The summed E-state index contributed by atoms with van der Waals surface area (Å²) in [5.74, 6) is 0.393. The number of nitrogens with zero attached hydrogens (tertiary/aromatic N) is 2. The maximum atomic E-state index is 10.8. The molecule has 0 atom stereocenters. The van der Waals surface area contributed by atoms with Crippen molar-refractivity contribution in [2.24, 2.45) is 0 Å². The normalized spacial score (nSPS) is 12.0. The van der Waals surface area contributed by atoms with Crippen molar-refractivity contribution in [3.63, 3.8) is 0 Å². The number of hydrogen-bond donors (Lipinski definition) is 1. The molecular formula is C15H20N2O4. The van der Waals surface area contributed by atoms with Gasteiger partial charge in [0.1, 0.15) is 0 Å². The first-order valence-corrected chi connectivity index (χ1v) is 6.82. The van der Waals surface area contributed by atoms with E-state index in [1.807, 2.05) is 26.8 Å². The van der Waals surface area contributed by atoms with E-state index in [9.17, 15) is 4.79 Å². The van der Waals surface area contributed by atoms with Crippen LogP contribution >= 0.6 is 0 Å². The van der Waals surface area contributed by atoms with Crippen LogP contribution in [0.1, 0.15) is 32.9 Å². The van der Waals surface area contributed by atoms with Gasteiger partial charge in [-0.3, -0.25) is 9.69 Å². The molecule has 0 radical (unpaired) electrons. The number of aromatic nitrogens is 1. The first-order valence-electron chi connectivity index (χ1n) is 6.82. The first-order chi connectivity index (χ1) is 9.86. The molecule has 2 aromatic rings. The molecule has 0 amide bonds. The van der Waals surface area contributed by atoms with Crippen LogP contribution in [-0.4, -0.2) is 33.2 Å². The van der Waals surface area contributed by atoms with Gasteiger partial charge < -0.3 is 14.0 Å². The van der Waals surface area contributed by atoms with Crippen molar-refractivity contribution in [2.75, 3.05) is 6.54 Å². The predicted octanol–water partition coefficient (Wildman–Crippen LogP) is 3.01. The highest BCUT2D eigenvalue weighted by molar-refractivity contribution is 5.66. The van der Waals surface area contributed by atoms with Crippen LogP contribution in [0.3, 0.4) is 0 Å². The molecular weight excluding hydrogens is 272 g/mol. The molecule has 2 rings (SSSR count). The summed E-state index contributed by atoms with van der Waals surface area (Å²) in [4.78, 5) is 12.8. The van der Waals surface area contributed by atoms with Gasteiger partial charge in [-0.25, -0.2) is 0 Å². The summed E-state index contributed by atoms with van der Waals surface area (Å²) < 4.78 is 10.5. The molecule has 21 heavy (non-hydrogen) atoms. The second kappa shape index (κ2) is 6.13. The Morgan fingerprint density at radius 1 is 1.38 bits per heavy atom. The lowest BCUT2D eigenvalue weighted by atomic mass is 10.1. The summed E-state index contributed by atoms with van der Waals surface area (Å²) in [7, 11) is 0. The van der Waals surface area contributed by atoms with Crippen LogP contribution in [0, 0.1) is 0 Å². The molecule has 0 aliphatic heterocycles. The third-order valence-electron chi connectivity index (χ3n) is 3.22. The van der Waals surface area contributed by atoms with Crippen molar-refractivity contribution in [1.29, 1.82) is 0 Å². The van der Waals surface area contributed by atoms with Gasteiger partial charge in [-0.2, -0.15) is 0 Å². The molecule has 1 N–H and O–H groups in total. The van der Waals surface area contributed by atoms with E-state index in [1.54, 1.807) is 18.4 Å². The van der Waals surface area contributed by atoms with Crippen molar-refractivity contribution in [2.45, 2.75) is 39.3 Å². The van der Waals surface area contributed by atoms with Crippen LogP contribution in [0.25, 0.3) is 11.5 Å². The number of furan rings is 1. The van der Waals surface area contributed by atoms with Crippen molar-refractivity contribution >= 4 is 5.97 Å². The number of carboxylic acid groups (broad SMARTS) is 1. The minimum atomic E-state index is -0.805. The third-order valence-corrected chi connectivity index (χ3v) is 3.22. The molecule has 2 aromatic heterocycles. The first kappa shape index (κ1) is 15.3. The smallest absolute Gasteiger partial charge is 0.304 e. The van der Waals surface area contributed by atoms with E-state index in [4.69, 9.17) is 14.0 Å². The SMILES string of the molecule is CC(C)(C)N(CCC(=O)O)Cc1cc(-c2ccco2)on1. The highest BCUT2D eigenvalue weighted by atomic mass is 16.5. The lowest BCUT2D eigenvalue weighted by Crippen LogP contribution is -2.42. The fourth-order valence-corrected chi connectivity index (χ4v) is 2.00. The summed E-state index contributed by atoms with van der Waals surface area (Å²) in [6.45, 7) is 7.12. The van der Waals surface area contributed by atoms with E-state index in [1.165, 1.54) is 0 Å². The molecule has 2 heterocycles. The fraction of sp³-hybridized carbons (Fsp3) is 0.467. The zero-order chi connectivity index (χ0) is 15.5. The Bertz CT molecular complexity index is 581. The molecule has 6 heteroatoms. The Hall–Kier alpha value is -2.08. The quantitative estimate of drug-likeness (QED) is 0.881. The monoisotopic (exact) mass is 292 g/mol. The van der Waals surface area contributed by atoms with Gasteiger partial charge in [0.15, 0.2) is 5.76 Å². The Labute approximate surface area is 123 Å².